The fraction of sp³-hybridized carbons (Fsp3) is 0. The van der Waals surface area contributed by atoms with Crippen LogP contribution in [-0.2, 0) is 0 Å². The molecule has 0 saturated carbocycles. The maximum atomic E-state index is 8.31. The summed E-state index contributed by atoms with van der Waals surface area (Å²) >= 11 is 3.40. The van der Waals surface area contributed by atoms with E-state index in [4.69, 9.17) is 5.41 Å². The Morgan fingerprint density at radius 3 is 1.33 bits per heavy atom. The summed E-state index contributed by atoms with van der Waals surface area (Å²) in [7, 11) is 0. The minimum Gasteiger partial charge on any atom is -0.326 e. The van der Waals surface area contributed by atoms with Gasteiger partial charge < -0.3 is 10.6 Å². The van der Waals surface area contributed by atoms with Crippen LogP contribution in [0, 0.1) is 5.41 Å². The number of hydrogen-bond donors (Lipinski definition) is 3. The molecule has 0 fully saturated rings. The highest BCUT2D eigenvalue weighted by atomic mass is 32.2. The first-order chi connectivity index (χ1) is 14.7. The van der Waals surface area contributed by atoms with Gasteiger partial charge in [-0.25, -0.2) is 0 Å². The molecule has 4 rings (SSSR count). The number of nitrogens with one attached hydrogen (secondary N) is 3. The van der Waals surface area contributed by atoms with Gasteiger partial charge in [0.05, 0.1) is 0 Å². The zero-order valence-corrected chi connectivity index (χ0v) is 17.8. The van der Waals surface area contributed by atoms with Crippen LogP contribution >= 0.6 is 23.5 Å². The van der Waals surface area contributed by atoms with Crippen LogP contribution in [0.3, 0.4) is 0 Å². The number of benzene rings is 4. The Balaban J connectivity index is 1.38. The average molecular weight is 428 g/mol. The van der Waals surface area contributed by atoms with Gasteiger partial charge in [-0.15, -0.1) is 0 Å². The smallest absolute Gasteiger partial charge is 0.197 e. The molecule has 0 aliphatic carbocycles. The van der Waals surface area contributed by atoms with E-state index < -0.39 is 0 Å². The Bertz CT molecular complexity index is 1030. The van der Waals surface area contributed by atoms with Gasteiger partial charge in [0.2, 0.25) is 0 Å². The second-order valence-electron chi connectivity index (χ2n) is 6.51. The molecular weight excluding hydrogens is 406 g/mol. The van der Waals surface area contributed by atoms with Gasteiger partial charge in [0, 0.05) is 31.0 Å². The Kier molecular flexibility index (Phi) is 6.75. The number of hydrogen-bond acceptors (Lipinski definition) is 3. The first-order valence-electron chi connectivity index (χ1n) is 9.53. The monoisotopic (exact) mass is 427 g/mol. The van der Waals surface area contributed by atoms with Gasteiger partial charge in [-0.05, 0) is 60.7 Å². The molecule has 4 aromatic carbocycles. The second-order valence-corrected chi connectivity index (χ2v) is 8.80. The third-order valence-corrected chi connectivity index (χ3v) is 6.16. The maximum Gasteiger partial charge on any atom is 0.197 e. The molecule has 0 atom stereocenters. The van der Waals surface area contributed by atoms with Crippen LogP contribution in [0.4, 0.5) is 11.4 Å². The molecule has 4 aromatic rings. The first kappa shape index (κ1) is 20.1. The molecule has 0 radical (unpaired) electrons. The molecular formula is C25H21N3S2. The molecule has 0 aromatic heterocycles. The minimum atomic E-state index is 0.235. The van der Waals surface area contributed by atoms with E-state index >= 15 is 0 Å². The lowest BCUT2D eigenvalue weighted by molar-refractivity contribution is 1.37. The molecule has 3 nitrogen and oxygen atoms in total. The quantitative estimate of drug-likeness (QED) is 0.221. The summed E-state index contributed by atoms with van der Waals surface area (Å²) in [5.41, 5.74) is 1.76. The highest BCUT2D eigenvalue weighted by Gasteiger charge is 2.04. The SMILES string of the molecule is N=C(Nc1cccc(Sc2ccccc2)c1)Nc1cccc(Sc2ccccc2)c1. The van der Waals surface area contributed by atoms with E-state index in [-0.39, 0.29) is 5.96 Å². The van der Waals surface area contributed by atoms with Gasteiger partial charge in [0.25, 0.3) is 0 Å². The average Bonchev–Trinajstić information content (AvgIpc) is 2.76. The lowest BCUT2D eigenvalue weighted by Gasteiger charge is -2.12. The van der Waals surface area contributed by atoms with Crippen molar-refractivity contribution in [1.29, 1.82) is 5.41 Å². The normalized spacial score (nSPS) is 10.4. The van der Waals surface area contributed by atoms with Crippen molar-refractivity contribution in [2.24, 2.45) is 0 Å². The van der Waals surface area contributed by atoms with Gasteiger partial charge in [0.15, 0.2) is 5.96 Å². The largest absolute Gasteiger partial charge is 0.326 e. The zero-order valence-electron chi connectivity index (χ0n) is 16.2. The van der Waals surface area contributed by atoms with Gasteiger partial charge in [-0.1, -0.05) is 72.1 Å². The van der Waals surface area contributed by atoms with Gasteiger partial charge in [-0.3, -0.25) is 5.41 Å². The van der Waals surface area contributed by atoms with Crippen LogP contribution < -0.4 is 10.6 Å². The summed E-state index contributed by atoms with van der Waals surface area (Å²) in [6.45, 7) is 0. The predicted octanol–water partition coefficient (Wildman–Crippen LogP) is 7.45. The van der Waals surface area contributed by atoms with Gasteiger partial charge in [0.1, 0.15) is 0 Å². The molecule has 3 N–H and O–H groups in total. The third kappa shape index (κ3) is 5.92. The molecule has 0 amide bonds. The fourth-order valence-electron chi connectivity index (χ4n) is 2.84. The van der Waals surface area contributed by atoms with E-state index in [0.717, 1.165) is 21.2 Å². The van der Waals surface area contributed by atoms with Gasteiger partial charge >= 0.3 is 0 Å². The van der Waals surface area contributed by atoms with E-state index in [9.17, 15) is 0 Å². The van der Waals surface area contributed by atoms with Crippen molar-refractivity contribution in [2.75, 3.05) is 10.6 Å². The van der Waals surface area contributed by atoms with Crippen LogP contribution in [0.15, 0.2) is 129 Å². The van der Waals surface area contributed by atoms with E-state index in [1.807, 2.05) is 60.7 Å². The summed E-state index contributed by atoms with van der Waals surface area (Å²) < 4.78 is 0. The van der Waals surface area contributed by atoms with Crippen molar-refractivity contribution in [2.45, 2.75) is 19.6 Å². The number of guanidine groups is 1. The molecule has 0 aliphatic heterocycles. The Morgan fingerprint density at radius 1 is 0.500 bits per heavy atom. The Morgan fingerprint density at radius 2 is 0.900 bits per heavy atom. The Hall–Kier alpha value is -3.15. The molecule has 0 saturated heterocycles. The lowest BCUT2D eigenvalue weighted by atomic mass is 10.3. The van der Waals surface area contributed by atoms with E-state index in [1.54, 1.807) is 23.5 Å². The van der Waals surface area contributed by atoms with E-state index in [2.05, 4.69) is 59.2 Å². The summed E-state index contributed by atoms with van der Waals surface area (Å²) in [5.74, 6) is 0.235. The molecule has 30 heavy (non-hydrogen) atoms. The number of anilines is 2. The third-order valence-electron chi connectivity index (χ3n) is 4.16. The van der Waals surface area contributed by atoms with E-state index in [1.165, 1.54) is 9.79 Å². The van der Waals surface area contributed by atoms with Crippen molar-refractivity contribution >= 4 is 40.9 Å². The predicted molar refractivity (Wildman–Crippen MR) is 129 cm³/mol. The highest BCUT2D eigenvalue weighted by Crippen LogP contribution is 2.30. The molecule has 0 heterocycles. The first-order valence-corrected chi connectivity index (χ1v) is 11.2. The fourth-order valence-corrected chi connectivity index (χ4v) is 4.64. The van der Waals surface area contributed by atoms with Crippen LogP contribution in [0.2, 0.25) is 0 Å². The van der Waals surface area contributed by atoms with Crippen LogP contribution in [0.5, 0.6) is 0 Å². The highest BCUT2D eigenvalue weighted by molar-refractivity contribution is 7.99. The molecule has 148 valence electrons. The zero-order chi connectivity index (χ0) is 20.6. The topological polar surface area (TPSA) is 47.9 Å². The summed E-state index contributed by atoms with van der Waals surface area (Å²) in [4.78, 5) is 4.63. The molecule has 5 heteroatoms. The van der Waals surface area contributed by atoms with Crippen LogP contribution in [0.1, 0.15) is 0 Å². The van der Waals surface area contributed by atoms with Crippen molar-refractivity contribution < 1.29 is 0 Å². The van der Waals surface area contributed by atoms with Gasteiger partial charge in [-0.2, -0.15) is 0 Å². The molecule has 0 bridgehead atoms. The summed E-state index contributed by atoms with van der Waals surface area (Å²) in [5, 5.41) is 14.6. The summed E-state index contributed by atoms with van der Waals surface area (Å²) in [6, 6.07) is 36.7. The molecule has 0 aliphatic rings. The standard InChI is InChI=1S/C25H21N3S2/c26-25(27-19-9-7-15-23(17-19)29-21-11-3-1-4-12-21)28-20-10-8-16-24(18-20)30-22-13-5-2-6-14-22/h1-18H,(H3,26,27,28). The molecule has 0 unspecified atom stereocenters. The van der Waals surface area contributed by atoms with Crippen molar-refractivity contribution in [3.8, 4) is 0 Å². The molecule has 0 spiro atoms. The lowest BCUT2D eigenvalue weighted by Crippen LogP contribution is -2.20. The summed E-state index contributed by atoms with van der Waals surface area (Å²) in [6.07, 6.45) is 0. The van der Waals surface area contributed by atoms with Crippen LogP contribution in [0.25, 0.3) is 0 Å². The minimum absolute atomic E-state index is 0.235. The Labute approximate surface area is 185 Å². The van der Waals surface area contributed by atoms with Crippen molar-refractivity contribution in [3.63, 3.8) is 0 Å². The maximum absolute atomic E-state index is 8.31. The van der Waals surface area contributed by atoms with E-state index in [0.29, 0.717) is 0 Å². The van der Waals surface area contributed by atoms with Crippen molar-refractivity contribution in [1.82, 2.24) is 0 Å². The second kappa shape index (κ2) is 10.1. The van der Waals surface area contributed by atoms with Crippen LogP contribution in [-0.4, -0.2) is 5.96 Å². The van der Waals surface area contributed by atoms with Crippen molar-refractivity contribution in [3.05, 3.63) is 109 Å². The number of rotatable bonds is 6.